The molecule has 0 aliphatic carbocycles. The predicted molar refractivity (Wildman–Crippen MR) is 213 cm³/mol. The number of aromatic nitrogens is 1. The van der Waals surface area contributed by atoms with Crippen LogP contribution in [0.5, 0.6) is 5.75 Å². The molecule has 4 N–H and O–H groups in total. The average molecular weight is 824 g/mol. The van der Waals surface area contributed by atoms with Crippen LogP contribution in [0.2, 0.25) is 0 Å². The maximum absolute atomic E-state index is 14.8. The Bertz CT molecular complexity index is 2120. The number of rotatable bonds is 6. The fourth-order valence-electron chi connectivity index (χ4n) is 7.88. The number of ketones is 1. The fraction of sp³-hybridized carbons (Fsp3) is 0.419. The number of fused-ring (bicyclic) bond motifs is 2. The first kappa shape index (κ1) is 42.9. The minimum atomic E-state index is -1.68. The summed E-state index contributed by atoms with van der Waals surface area (Å²) in [6.07, 6.45) is 0.235. The van der Waals surface area contributed by atoms with E-state index in [-0.39, 0.29) is 56.5 Å². The molecule has 6 rings (SSSR count). The van der Waals surface area contributed by atoms with Gasteiger partial charge in [-0.15, -0.1) is 0 Å². The van der Waals surface area contributed by atoms with Crippen molar-refractivity contribution in [1.82, 2.24) is 35.6 Å². The van der Waals surface area contributed by atoms with Crippen LogP contribution in [0.25, 0.3) is 0 Å². The maximum Gasteiger partial charge on any atom is 0.333 e. The summed E-state index contributed by atoms with van der Waals surface area (Å²) in [6.45, 7) is 3.03. The first-order valence-corrected chi connectivity index (χ1v) is 20.0. The van der Waals surface area contributed by atoms with Crippen LogP contribution in [0.3, 0.4) is 0 Å². The van der Waals surface area contributed by atoms with Crippen molar-refractivity contribution in [3.63, 3.8) is 0 Å². The summed E-state index contributed by atoms with van der Waals surface area (Å²) < 4.78 is 5.83. The summed E-state index contributed by atoms with van der Waals surface area (Å²) in [7, 11) is 1.47. The van der Waals surface area contributed by atoms with Gasteiger partial charge in [-0.1, -0.05) is 67.6 Å². The number of likely N-dealkylation sites (N-methyl/N-ethyl adjacent to an activating group) is 1. The first-order chi connectivity index (χ1) is 28.8. The zero-order valence-corrected chi connectivity index (χ0v) is 33.6. The van der Waals surface area contributed by atoms with E-state index >= 15 is 0 Å². The van der Waals surface area contributed by atoms with Crippen molar-refractivity contribution < 1.29 is 48.2 Å². The van der Waals surface area contributed by atoms with Crippen LogP contribution < -0.4 is 16.0 Å². The number of benzene rings is 2. The predicted octanol–water partition coefficient (Wildman–Crippen LogP) is 1.20. The van der Waals surface area contributed by atoms with Crippen LogP contribution in [0.1, 0.15) is 73.6 Å². The Morgan fingerprint density at radius 3 is 2.22 bits per heavy atom. The van der Waals surface area contributed by atoms with Gasteiger partial charge in [0.05, 0.1) is 0 Å². The monoisotopic (exact) mass is 823 g/mol. The summed E-state index contributed by atoms with van der Waals surface area (Å²) >= 11 is 0. The quantitative estimate of drug-likeness (QED) is 0.259. The molecule has 6 amide bonds. The number of carbonyl (C=O) groups excluding carboxylic acids is 8. The van der Waals surface area contributed by atoms with Crippen LogP contribution in [-0.2, 0) is 44.7 Å². The summed E-state index contributed by atoms with van der Waals surface area (Å²) in [5, 5.41) is 18.2. The molecule has 0 radical (unpaired) electrons. The Morgan fingerprint density at radius 2 is 1.53 bits per heavy atom. The largest absolute Gasteiger partial charge is 0.505 e. The van der Waals surface area contributed by atoms with Crippen LogP contribution in [0.15, 0.2) is 79.0 Å². The van der Waals surface area contributed by atoms with E-state index < -0.39 is 95.2 Å². The molecule has 0 saturated carbocycles. The molecule has 3 aliphatic heterocycles. The number of nitrogens with zero attached hydrogens (tertiary/aromatic N) is 4. The highest BCUT2D eigenvalue weighted by molar-refractivity contribution is 6.01. The van der Waals surface area contributed by atoms with Gasteiger partial charge in [0.1, 0.15) is 47.8 Å². The minimum absolute atomic E-state index is 0.0410. The molecule has 60 heavy (non-hydrogen) atoms. The van der Waals surface area contributed by atoms with Crippen molar-refractivity contribution in [2.24, 2.45) is 0 Å². The number of carbonyl (C=O) groups is 8. The molecule has 3 aromatic rings. The third-order valence-electron chi connectivity index (χ3n) is 11.2. The van der Waals surface area contributed by atoms with Crippen LogP contribution >= 0.6 is 0 Å². The number of pyridine rings is 1. The Hall–Kier alpha value is -6.65. The molecule has 1 aromatic heterocycles. The van der Waals surface area contributed by atoms with Crippen molar-refractivity contribution in [1.29, 1.82) is 0 Å². The van der Waals surface area contributed by atoms with Crippen LogP contribution in [0.4, 0.5) is 0 Å². The molecular formula is C43H49N7O10. The second-order valence-electron chi connectivity index (χ2n) is 15.2. The molecule has 0 unspecified atom stereocenters. The van der Waals surface area contributed by atoms with Gasteiger partial charge in [0.15, 0.2) is 11.7 Å². The summed E-state index contributed by atoms with van der Waals surface area (Å²) in [6, 6.07) is 11.7. The van der Waals surface area contributed by atoms with E-state index in [4.69, 9.17) is 4.74 Å². The number of amides is 6. The number of nitrogens with one attached hydrogen (secondary N) is 3. The van der Waals surface area contributed by atoms with Gasteiger partial charge < -0.3 is 40.5 Å². The fourth-order valence-corrected chi connectivity index (χ4v) is 7.88. The van der Waals surface area contributed by atoms with E-state index in [0.717, 1.165) is 5.56 Å². The lowest BCUT2D eigenvalue weighted by atomic mass is 9.95. The Labute approximate surface area is 346 Å². The van der Waals surface area contributed by atoms with Crippen molar-refractivity contribution in [3.05, 3.63) is 95.8 Å². The maximum atomic E-state index is 14.8. The summed E-state index contributed by atoms with van der Waals surface area (Å²) in [5.41, 5.74) is 0.560. The topological polar surface area (TPSA) is 225 Å². The molecule has 316 valence electrons. The first-order valence-electron chi connectivity index (χ1n) is 20.0. The van der Waals surface area contributed by atoms with Gasteiger partial charge in [0.25, 0.3) is 5.91 Å². The van der Waals surface area contributed by atoms with Crippen molar-refractivity contribution in [2.75, 3.05) is 20.1 Å². The summed E-state index contributed by atoms with van der Waals surface area (Å²) in [4.78, 5) is 121. The Balaban J connectivity index is 1.43. The number of cyclic esters (lactones) is 1. The molecule has 0 bridgehead atoms. The third-order valence-corrected chi connectivity index (χ3v) is 11.2. The molecule has 3 aliphatic rings. The molecule has 2 aromatic carbocycles. The van der Waals surface area contributed by atoms with Crippen molar-refractivity contribution in [3.8, 4) is 5.75 Å². The van der Waals surface area contributed by atoms with Gasteiger partial charge in [-0.2, -0.15) is 0 Å². The number of hydrogen-bond donors (Lipinski definition) is 4. The van der Waals surface area contributed by atoms with Gasteiger partial charge >= 0.3 is 5.97 Å². The number of Topliss-reactive ketones (excluding diaryl/α,β-unsaturated/α-hetero) is 1. The van der Waals surface area contributed by atoms with E-state index in [9.17, 15) is 43.5 Å². The highest BCUT2D eigenvalue weighted by atomic mass is 16.5. The molecule has 3 saturated heterocycles. The van der Waals surface area contributed by atoms with E-state index in [0.29, 0.717) is 6.42 Å². The van der Waals surface area contributed by atoms with Gasteiger partial charge in [-0.05, 0) is 49.4 Å². The van der Waals surface area contributed by atoms with Crippen molar-refractivity contribution in [2.45, 2.75) is 94.7 Å². The van der Waals surface area contributed by atoms with E-state index in [1.807, 2.05) is 6.07 Å². The van der Waals surface area contributed by atoms with Gasteiger partial charge in [-0.3, -0.25) is 33.6 Å². The third kappa shape index (κ3) is 9.45. The second kappa shape index (κ2) is 18.9. The molecular weight excluding hydrogens is 775 g/mol. The van der Waals surface area contributed by atoms with Gasteiger partial charge in [0.2, 0.25) is 29.5 Å². The molecule has 0 spiro atoms. The van der Waals surface area contributed by atoms with E-state index in [1.54, 1.807) is 61.5 Å². The molecule has 4 heterocycles. The SMILES string of the molecule is CC[C@H]1NC(=O)[C@@H](NC(=O)c2ncccc2O)[C@@H](C)OC(=O)[C@@H](c2ccccc2)NC(=O)[C@H]2CC(=O)CCN2C(=O)[C@@H](Cc2ccccc2)N(C)C(=O)[C@H]2CCCN2C1=O. The number of piperidine rings is 1. The van der Waals surface area contributed by atoms with Gasteiger partial charge in [0, 0.05) is 45.6 Å². The number of hydrogen-bond acceptors (Lipinski definition) is 11. The summed E-state index contributed by atoms with van der Waals surface area (Å²) in [5.74, 6) is -6.30. The lowest BCUT2D eigenvalue weighted by molar-refractivity contribution is -0.156. The lowest BCUT2D eigenvalue weighted by Gasteiger charge is -2.40. The Kier molecular flexibility index (Phi) is 13.6. The molecule has 17 heteroatoms. The standard InChI is InChI=1S/C43H49N7O10/c1-4-29-40(56)49-21-12-17-30(49)41(57)48(3)32(23-26-13-7-5-8-14-26)42(58)50-22-19-28(51)24-31(50)37(53)47-35(27-15-9-6-10-16-27)43(59)60-25(2)34(38(54)45-29)46-39(55)36-33(52)18-11-20-44-36/h5-11,13-16,18,20,25,29-32,34-35,52H,4,12,17,19,21-24H2,1-3H3,(H,45,54)(H,46,55)(H,47,53)/t25-,29-,30-,31-,32-,34+,35-/m1/s1. The minimum Gasteiger partial charge on any atom is -0.505 e. The van der Waals surface area contributed by atoms with Crippen molar-refractivity contribution >= 4 is 47.2 Å². The number of ether oxygens (including phenoxy) is 1. The number of aromatic hydroxyl groups is 1. The van der Waals surface area contributed by atoms with Crippen LogP contribution in [-0.4, -0.2) is 128 Å². The normalized spacial score (nSPS) is 26.1. The second-order valence-corrected chi connectivity index (χ2v) is 15.2. The Morgan fingerprint density at radius 1 is 0.850 bits per heavy atom. The highest BCUT2D eigenvalue weighted by Crippen LogP contribution is 2.26. The van der Waals surface area contributed by atoms with Gasteiger partial charge in [-0.25, -0.2) is 9.78 Å². The number of esters is 1. The lowest BCUT2D eigenvalue weighted by Crippen LogP contribution is -2.61. The molecule has 7 atom stereocenters. The smallest absolute Gasteiger partial charge is 0.333 e. The van der Waals surface area contributed by atoms with E-state index in [2.05, 4.69) is 20.9 Å². The molecule has 17 nitrogen and oxygen atoms in total. The highest BCUT2D eigenvalue weighted by Gasteiger charge is 2.45. The zero-order chi connectivity index (χ0) is 43.1. The zero-order valence-electron chi connectivity index (χ0n) is 33.6. The average Bonchev–Trinajstić information content (AvgIpc) is 3.75. The van der Waals surface area contributed by atoms with E-state index in [1.165, 1.54) is 47.0 Å². The van der Waals surface area contributed by atoms with Crippen LogP contribution in [0, 0.1) is 0 Å². The molecule has 3 fully saturated rings.